The molecule has 0 fully saturated rings. The van der Waals surface area contributed by atoms with Crippen LogP contribution in [0.3, 0.4) is 0 Å². The second kappa shape index (κ2) is 45.4. The van der Waals surface area contributed by atoms with E-state index >= 15 is 0 Å². The number of carbonyl (C=O) groups is 4. The van der Waals surface area contributed by atoms with Gasteiger partial charge in [0.05, 0.1) is 19.8 Å². The summed E-state index contributed by atoms with van der Waals surface area (Å²) < 4.78 is 38.6. The van der Waals surface area contributed by atoms with E-state index in [1.54, 1.807) is 6.92 Å². The minimum absolute atomic E-state index is 0.0852. The molecule has 0 aliphatic rings. The molecule has 0 aromatic carbocycles. The SMILES string of the molecule is CCCCCCCCCCCCCCCCCC(=O)OC[C@H](COP(=O)(O)OCCNC(=O)OCCCNC(=O)CC)OC(=O)CCCCCCCCCCCCCCCCC. The lowest BCUT2D eigenvalue weighted by molar-refractivity contribution is -0.161. The molecule has 0 aliphatic heterocycles. The fourth-order valence-corrected chi connectivity index (χ4v) is 7.82. The van der Waals surface area contributed by atoms with Crippen molar-refractivity contribution in [2.24, 2.45) is 0 Å². The van der Waals surface area contributed by atoms with Gasteiger partial charge in [-0.25, -0.2) is 9.36 Å². The highest BCUT2D eigenvalue weighted by molar-refractivity contribution is 7.47. The molecule has 2 amide bonds. The van der Waals surface area contributed by atoms with E-state index in [1.807, 2.05) is 0 Å². The first-order valence-electron chi connectivity index (χ1n) is 25.3. The van der Waals surface area contributed by atoms with Crippen LogP contribution in [0, 0.1) is 0 Å². The van der Waals surface area contributed by atoms with Gasteiger partial charge in [-0.1, -0.05) is 201 Å². The summed E-state index contributed by atoms with van der Waals surface area (Å²) >= 11 is 0. The smallest absolute Gasteiger partial charge is 0.462 e. The van der Waals surface area contributed by atoms with Gasteiger partial charge in [-0.05, 0) is 19.3 Å². The number of hydrogen-bond acceptors (Lipinski definition) is 10. The molecule has 0 aromatic heterocycles. The molecule has 0 saturated heterocycles. The third kappa shape index (κ3) is 44.4. The number of unbranched alkanes of at least 4 members (excludes halogenated alkanes) is 28. The van der Waals surface area contributed by atoms with Crippen LogP contribution >= 0.6 is 7.82 Å². The van der Waals surface area contributed by atoms with Crippen LogP contribution in [0.15, 0.2) is 0 Å². The van der Waals surface area contributed by atoms with Crippen LogP contribution in [-0.4, -0.2) is 74.5 Å². The third-order valence-electron chi connectivity index (χ3n) is 10.9. The average molecular weight is 905 g/mol. The highest BCUT2D eigenvalue weighted by atomic mass is 31.2. The number of nitrogens with one attached hydrogen (secondary N) is 2. The lowest BCUT2D eigenvalue weighted by atomic mass is 10.0. The van der Waals surface area contributed by atoms with Gasteiger partial charge in [0, 0.05) is 32.4 Å². The number of amides is 2. The van der Waals surface area contributed by atoms with Crippen molar-refractivity contribution in [2.75, 3.05) is 39.5 Å². The standard InChI is InChI=1S/C48H93N2O11P/c1-4-7-9-11-13-15-17-19-21-23-25-27-29-31-33-36-46(52)58-42-44(43-60-62(55,56)59-41-39-50-48(54)57-40-35-38-49-45(51)6-3)61-47(53)37-34-32-30-28-26-24-22-20-18-16-14-12-10-8-5-2/h44H,4-43H2,1-3H3,(H,49,51)(H,50,54)(H,55,56)/t44-/m1/s1. The molecule has 0 saturated carbocycles. The van der Waals surface area contributed by atoms with E-state index in [-0.39, 0.29) is 45.1 Å². The largest absolute Gasteiger partial charge is 0.472 e. The molecule has 0 rings (SSSR count). The van der Waals surface area contributed by atoms with Gasteiger partial charge in [0.25, 0.3) is 0 Å². The molecule has 0 spiro atoms. The van der Waals surface area contributed by atoms with Gasteiger partial charge in [0.15, 0.2) is 6.10 Å². The molecule has 366 valence electrons. The Morgan fingerprint density at radius 3 is 1.32 bits per heavy atom. The van der Waals surface area contributed by atoms with E-state index in [1.165, 1.54) is 141 Å². The normalized spacial score (nSPS) is 12.7. The Bertz CT molecular complexity index is 1110. The van der Waals surface area contributed by atoms with Crippen LogP contribution in [0.25, 0.3) is 0 Å². The number of phosphoric acid groups is 1. The number of alkyl carbamates (subject to hydrolysis) is 1. The highest BCUT2D eigenvalue weighted by Gasteiger charge is 2.26. The minimum Gasteiger partial charge on any atom is -0.462 e. The van der Waals surface area contributed by atoms with Crippen molar-refractivity contribution in [3.8, 4) is 0 Å². The molecule has 3 N–H and O–H groups in total. The van der Waals surface area contributed by atoms with Crippen molar-refractivity contribution >= 4 is 31.8 Å². The molecule has 1 unspecified atom stereocenters. The van der Waals surface area contributed by atoms with Crippen LogP contribution in [0.1, 0.15) is 239 Å². The van der Waals surface area contributed by atoms with Gasteiger partial charge in [-0.15, -0.1) is 0 Å². The zero-order chi connectivity index (χ0) is 45.6. The number of carbonyl (C=O) groups excluding carboxylic acids is 4. The van der Waals surface area contributed by atoms with Crippen LogP contribution in [0.5, 0.6) is 0 Å². The van der Waals surface area contributed by atoms with Crippen LogP contribution in [0.2, 0.25) is 0 Å². The Kier molecular flexibility index (Phi) is 43.7. The van der Waals surface area contributed by atoms with E-state index in [0.717, 1.165) is 38.5 Å². The summed E-state index contributed by atoms with van der Waals surface area (Å²) in [5.74, 6) is -1.00. The fourth-order valence-electron chi connectivity index (χ4n) is 7.07. The predicted molar refractivity (Wildman–Crippen MR) is 249 cm³/mol. The maximum Gasteiger partial charge on any atom is 0.472 e. The first-order valence-corrected chi connectivity index (χ1v) is 26.8. The lowest BCUT2D eigenvalue weighted by Gasteiger charge is -2.20. The van der Waals surface area contributed by atoms with Crippen molar-refractivity contribution in [3.63, 3.8) is 0 Å². The zero-order valence-corrected chi connectivity index (χ0v) is 40.7. The summed E-state index contributed by atoms with van der Waals surface area (Å²) in [4.78, 5) is 58.7. The zero-order valence-electron chi connectivity index (χ0n) is 39.8. The quantitative estimate of drug-likeness (QED) is 0.0229. The van der Waals surface area contributed by atoms with E-state index < -0.39 is 38.6 Å². The Labute approximate surface area is 378 Å². The van der Waals surface area contributed by atoms with Gasteiger partial charge < -0.3 is 29.7 Å². The summed E-state index contributed by atoms with van der Waals surface area (Å²) in [5, 5.41) is 5.08. The molecular weight excluding hydrogens is 812 g/mol. The summed E-state index contributed by atoms with van der Waals surface area (Å²) in [6, 6.07) is 0. The summed E-state index contributed by atoms with van der Waals surface area (Å²) in [7, 11) is -4.60. The Morgan fingerprint density at radius 1 is 0.468 bits per heavy atom. The Morgan fingerprint density at radius 2 is 0.887 bits per heavy atom. The summed E-state index contributed by atoms with van der Waals surface area (Å²) in [6.07, 6.45) is 36.1. The number of hydrogen-bond donors (Lipinski definition) is 3. The predicted octanol–water partition coefficient (Wildman–Crippen LogP) is 12.7. The topological polar surface area (TPSA) is 176 Å². The molecule has 0 radical (unpaired) electrons. The second-order valence-corrected chi connectivity index (χ2v) is 18.4. The van der Waals surface area contributed by atoms with E-state index in [9.17, 15) is 28.6 Å². The Hall–Kier alpha value is -2.21. The highest BCUT2D eigenvalue weighted by Crippen LogP contribution is 2.43. The first-order chi connectivity index (χ1) is 30.1. The lowest BCUT2D eigenvalue weighted by Crippen LogP contribution is -2.30. The molecule has 0 heterocycles. The fraction of sp³-hybridized carbons (Fsp3) is 0.917. The number of esters is 2. The molecule has 2 atom stereocenters. The van der Waals surface area contributed by atoms with Gasteiger partial charge in [0.2, 0.25) is 5.91 Å². The van der Waals surface area contributed by atoms with E-state index in [4.69, 9.17) is 23.3 Å². The third-order valence-corrected chi connectivity index (χ3v) is 11.9. The number of rotatable bonds is 47. The van der Waals surface area contributed by atoms with Gasteiger partial charge in [-0.3, -0.25) is 23.4 Å². The van der Waals surface area contributed by atoms with Gasteiger partial charge in [-0.2, -0.15) is 0 Å². The van der Waals surface area contributed by atoms with Crippen molar-refractivity contribution in [1.82, 2.24) is 10.6 Å². The molecule has 14 heteroatoms. The molecular formula is C48H93N2O11P. The first kappa shape index (κ1) is 59.8. The number of ether oxygens (including phenoxy) is 3. The van der Waals surface area contributed by atoms with Crippen LogP contribution in [0.4, 0.5) is 4.79 Å². The van der Waals surface area contributed by atoms with Gasteiger partial charge in [0.1, 0.15) is 6.61 Å². The maximum absolute atomic E-state index is 12.8. The minimum atomic E-state index is -4.60. The molecule has 13 nitrogen and oxygen atoms in total. The van der Waals surface area contributed by atoms with Crippen molar-refractivity contribution in [1.29, 1.82) is 0 Å². The molecule has 0 aliphatic carbocycles. The monoisotopic (exact) mass is 905 g/mol. The molecule has 0 bridgehead atoms. The molecule has 62 heavy (non-hydrogen) atoms. The second-order valence-electron chi connectivity index (χ2n) is 16.9. The summed E-state index contributed by atoms with van der Waals surface area (Å²) in [5.41, 5.74) is 0. The average Bonchev–Trinajstić information content (AvgIpc) is 3.25. The van der Waals surface area contributed by atoms with Crippen molar-refractivity contribution in [2.45, 2.75) is 245 Å². The van der Waals surface area contributed by atoms with E-state index in [0.29, 0.717) is 32.2 Å². The van der Waals surface area contributed by atoms with Gasteiger partial charge >= 0.3 is 25.9 Å². The summed E-state index contributed by atoms with van der Waals surface area (Å²) in [6.45, 7) is 5.40. The maximum atomic E-state index is 12.8. The van der Waals surface area contributed by atoms with Crippen LogP contribution < -0.4 is 10.6 Å². The molecule has 0 aromatic rings. The number of phosphoric ester groups is 1. The van der Waals surface area contributed by atoms with Crippen LogP contribution in [-0.2, 0) is 42.2 Å². The van der Waals surface area contributed by atoms with Crippen molar-refractivity contribution in [3.05, 3.63) is 0 Å². The van der Waals surface area contributed by atoms with E-state index in [2.05, 4.69) is 24.5 Å². The van der Waals surface area contributed by atoms with Crippen molar-refractivity contribution < 1.29 is 51.9 Å². The Balaban J connectivity index is 4.50.